The lowest BCUT2D eigenvalue weighted by Gasteiger charge is -2.35. The minimum Gasteiger partial charge on any atom is -0.362 e. The van der Waals surface area contributed by atoms with Crippen LogP contribution in [0.4, 0.5) is 11.4 Å². The Morgan fingerprint density at radius 1 is 1.28 bits per heavy atom. The van der Waals surface area contributed by atoms with Gasteiger partial charge in [0.05, 0.1) is 9.82 Å². The van der Waals surface area contributed by atoms with Crippen LogP contribution in [0.5, 0.6) is 0 Å². The van der Waals surface area contributed by atoms with Gasteiger partial charge >= 0.3 is 0 Å². The summed E-state index contributed by atoms with van der Waals surface area (Å²) in [4.78, 5) is 25.9. The fourth-order valence-electron chi connectivity index (χ4n) is 2.63. The molecule has 0 saturated carbocycles. The van der Waals surface area contributed by atoms with Crippen LogP contribution in [-0.4, -0.2) is 63.1 Å². The van der Waals surface area contributed by atoms with E-state index in [1.54, 1.807) is 9.80 Å². The molecule has 0 atom stereocenters. The maximum absolute atomic E-state index is 11.8. The molecule has 0 spiro atoms. The molecule has 2 rings (SSSR count). The van der Waals surface area contributed by atoms with Crippen molar-refractivity contribution in [2.45, 2.75) is 11.3 Å². The Labute approximate surface area is 152 Å². The quantitative estimate of drug-likeness (QED) is 0.568. The van der Waals surface area contributed by atoms with Crippen molar-refractivity contribution >= 4 is 39.5 Å². The summed E-state index contributed by atoms with van der Waals surface area (Å²) in [5.41, 5.74) is 5.48. The molecule has 1 saturated heterocycles. The Balaban J connectivity index is 0.00000312. The third-order valence-corrected chi connectivity index (χ3v) is 5.01. The summed E-state index contributed by atoms with van der Waals surface area (Å²) in [6.45, 7) is 2.07. The molecule has 1 aliphatic heterocycles. The van der Waals surface area contributed by atoms with Crippen molar-refractivity contribution < 1.29 is 18.1 Å². The van der Waals surface area contributed by atoms with Crippen LogP contribution in [0.2, 0.25) is 0 Å². The highest BCUT2D eigenvalue weighted by atomic mass is 35.5. The topological polar surface area (TPSA) is 127 Å². The van der Waals surface area contributed by atoms with Gasteiger partial charge in [0, 0.05) is 51.5 Å². The van der Waals surface area contributed by atoms with Crippen molar-refractivity contribution in [1.29, 1.82) is 0 Å². The lowest BCUT2D eigenvalue weighted by atomic mass is 10.2. The first kappa shape index (κ1) is 21.1. The van der Waals surface area contributed by atoms with Gasteiger partial charge in [-0.15, -0.1) is 12.4 Å². The molecule has 9 nitrogen and oxygen atoms in total. The number of nitro benzene ring substituents is 1. The monoisotopic (exact) mass is 392 g/mol. The third kappa shape index (κ3) is 5.03. The molecule has 0 aromatic heterocycles. The molecule has 1 heterocycles. The predicted octanol–water partition coefficient (Wildman–Crippen LogP) is 0.418. The van der Waals surface area contributed by atoms with Gasteiger partial charge in [0.15, 0.2) is 9.84 Å². The van der Waals surface area contributed by atoms with E-state index in [2.05, 4.69) is 0 Å². The molecule has 0 aliphatic carbocycles. The van der Waals surface area contributed by atoms with E-state index in [4.69, 9.17) is 5.73 Å². The summed E-state index contributed by atoms with van der Waals surface area (Å²) in [6.07, 6.45) is 1.29. The first-order valence-electron chi connectivity index (χ1n) is 7.45. The fraction of sp³-hybridized carbons (Fsp3) is 0.500. The maximum atomic E-state index is 11.8. The zero-order valence-electron chi connectivity index (χ0n) is 13.8. The van der Waals surface area contributed by atoms with Crippen LogP contribution in [0, 0.1) is 10.1 Å². The average Bonchev–Trinajstić information content (AvgIpc) is 2.53. The normalized spacial score (nSPS) is 14.8. The van der Waals surface area contributed by atoms with Gasteiger partial charge in [-0.1, -0.05) is 0 Å². The highest BCUT2D eigenvalue weighted by molar-refractivity contribution is 7.90. The summed E-state index contributed by atoms with van der Waals surface area (Å²) in [6, 6.07) is 3.89. The Bertz CT molecular complexity index is 748. The van der Waals surface area contributed by atoms with Crippen LogP contribution in [-0.2, 0) is 14.6 Å². The van der Waals surface area contributed by atoms with E-state index in [1.165, 1.54) is 12.1 Å². The molecule has 2 N–H and O–H groups in total. The molecule has 11 heteroatoms. The number of carbonyl (C=O) groups is 1. The summed E-state index contributed by atoms with van der Waals surface area (Å²) in [5, 5.41) is 11.3. The Morgan fingerprint density at radius 3 is 2.36 bits per heavy atom. The predicted molar refractivity (Wildman–Crippen MR) is 95.9 cm³/mol. The second kappa shape index (κ2) is 8.45. The number of nitrogens with two attached hydrogens (primary N) is 1. The van der Waals surface area contributed by atoms with Crippen LogP contribution in [0.3, 0.4) is 0 Å². The first-order chi connectivity index (χ1) is 11.2. The van der Waals surface area contributed by atoms with Crippen molar-refractivity contribution in [1.82, 2.24) is 4.90 Å². The maximum Gasteiger partial charge on any atom is 0.293 e. The molecule has 1 aromatic rings. The SMILES string of the molecule is CS(=O)(=O)c1ccc(N2CCN(C(=O)CCN)CC2)c([N+](=O)[O-])c1.Cl. The molecule has 140 valence electrons. The van der Waals surface area contributed by atoms with E-state index >= 15 is 0 Å². The second-order valence-corrected chi connectivity index (χ2v) is 7.60. The van der Waals surface area contributed by atoms with E-state index in [9.17, 15) is 23.3 Å². The van der Waals surface area contributed by atoms with Gasteiger partial charge in [0.1, 0.15) is 5.69 Å². The van der Waals surface area contributed by atoms with Crippen LogP contribution >= 0.6 is 12.4 Å². The van der Waals surface area contributed by atoms with Crippen molar-refractivity contribution in [2.24, 2.45) is 5.73 Å². The summed E-state index contributed by atoms with van der Waals surface area (Å²) in [5.74, 6) is -0.0286. The number of nitrogens with zero attached hydrogens (tertiary/aromatic N) is 3. The Morgan fingerprint density at radius 2 is 1.88 bits per heavy atom. The number of nitro groups is 1. The number of piperazine rings is 1. The lowest BCUT2D eigenvalue weighted by molar-refractivity contribution is -0.384. The van der Waals surface area contributed by atoms with Crippen molar-refractivity contribution in [3.8, 4) is 0 Å². The third-order valence-electron chi connectivity index (χ3n) is 3.90. The minimum absolute atomic E-state index is 0. The highest BCUT2D eigenvalue weighted by Crippen LogP contribution is 2.31. The zero-order chi connectivity index (χ0) is 17.9. The Kier molecular flexibility index (Phi) is 7.15. The molecule has 1 aliphatic rings. The second-order valence-electron chi connectivity index (χ2n) is 5.59. The van der Waals surface area contributed by atoms with E-state index in [-0.39, 0.29) is 41.9 Å². The molecule has 0 bridgehead atoms. The van der Waals surface area contributed by atoms with Crippen LogP contribution < -0.4 is 10.6 Å². The average molecular weight is 393 g/mol. The molecule has 1 aromatic carbocycles. The van der Waals surface area contributed by atoms with Gasteiger partial charge in [-0.25, -0.2) is 8.42 Å². The number of carbonyl (C=O) groups excluding carboxylic acids is 1. The van der Waals surface area contributed by atoms with E-state index in [0.717, 1.165) is 12.3 Å². The zero-order valence-corrected chi connectivity index (χ0v) is 15.4. The molecule has 1 fully saturated rings. The van der Waals surface area contributed by atoms with Crippen molar-refractivity contribution in [3.63, 3.8) is 0 Å². The van der Waals surface area contributed by atoms with E-state index in [0.29, 0.717) is 31.9 Å². The van der Waals surface area contributed by atoms with Gasteiger partial charge in [0.2, 0.25) is 5.91 Å². The van der Waals surface area contributed by atoms with Gasteiger partial charge in [-0.3, -0.25) is 14.9 Å². The van der Waals surface area contributed by atoms with Crippen molar-refractivity contribution in [2.75, 3.05) is 43.9 Å². The molecular formula is C14H21ClN4O5S. The largest absolute Gasteiger partial charge is 0.362 e. The number of hydrogen-bond donors (Lipinski definition) is 1. The number of hydrogen-bond acceptors (Lipinski definition) is 7. The molecule has 0 unspecified atom stereocenters. The molecule has 25 heavy (non-hydrogen) atoms. The number of rotatable bonds is 5. The van der Waals surface area contributed by atoms with Gasteiger partial charge in [0.25, 0.3) is 5.69 Å². The van der Waals surface area contributed by atoms with E-state index < -0.39 is 14.8 Å². The summed E-state index contributed by atoms with van der Waals surface area (Å²) < 4.78 is 23.2. The van der Waals surface area contributed by atoms with Crippen LogP contribution in [0.1, 0.15) is 6.42 Å². The van der Waals surface area contributed by atoms with E-state index in [1.807, 2.05) is 0 Å². The number of halogens is 1. The standard InChI is InChI=1S/C14H20N4O5S.ClH/c1-24(22,23)11-2-3-12(13(10-11)18(20)21)16-6-8-17(9-7-16)14(19)4-5-15;/h2-3,10H,4-9,15H2,1H3;1H. The molecular weight excluding hydrogens is 372 g/mol. The summed E-state index contributed by atoms with van der Waals surface area (Å²) in [7, 11) is -3.52. The van der Waals surface area contributed by atoms with Crippen LogP contribution in [0.15, 0.2) is 23.1 Å². The fourth-order valence-corrected chi connectivity index (χ4v) is 3.27. The first-order valence-corrected chi connectivity index (χ1v) is 9.34. The number of anilines is 1. The molecule has 0 radical (unpaired) electrons. The summed E-state index contributed by atoms with van der Waals surface area (Å²) >= 11 is 0. The lowest BCUT2D eigenvalue weighted by Crippen LogP contribution is -2.49. The highest BCUT2D eigenvalue weighted by Gasteiger charge is 2.26. The van der Waals surface area contributed by atoms with Crippen molar-refractivity contribution in [3.05, 3.63) is 28.3 Å². The van der Waals surface area contributed by atoms with Gasteiger partial charge < -0.3 is 15.5 Å². The minimum atomic E-state index is -3.52. The number of benzene rings is 1. The molecule has 1 amide bonds. The smallest absolute Gasteiger partial charge is 0.293 e. The number of sulfone groups is 1. The van der Waals surface area contributed by atoms with Gasteiger partial charge in [-0.05, 0) is 12.1 Å². The van der Waals surface area contributed by atoms with Gasteiger partial charge in [-0.2, -0.15) is 0 Å². The number of amides is 1. The van der Waals surface area contributed by atoms with Crippen LogP contribution in [0.25, 0.3) is 0 Å². The Hall–Kier alpha value is -1.91.